The number of allylic oxidation sites excluding steroid dienone is 4. The van der Waals surface area contributed by atoms with Crippen LogP contribution in [0.15, 0.2) is 64.5 Å². The van der Waals surface area contributed by atoms with Crippen molar-refractivity contribution in [3.63, 3.8) is 0 Å². The van der Waals surface area contributed by atoms with Crippen molar-refractivity contribution < 1.29 is 19.0 Å². The number of hydrogen-bond acceptors (Lipinski definition) is 6. The number of ether oxygens (including phenoxy) is 2. The normalized spacial score (nSPS) is 23.2. The van der Waals surface area contributed by atoms with Crippen LogP contribution >= 0.6 is 0 Å². The van der Waals surface area contributed by atoms with Crippen LogP contribution in [0.4, 0.5) is 4.39 Å². The Bertz CT molecular complexity index is 814. The maximum atomic E-state index is 13.8. The molecule has 0 aromatic carbocycles. The summed E-state index contributed by atoms with van der Waals surface area (Å²) in [6, 6.07) is 0. The molecule has 170 valence electrons. The van der Waals surface area contributed by atoms with Crippen LogP contribution in [0, 0.1) is 5.92 Å². The number of aliphatic imine (C=N–C) groups is 2. The molecule has 2 aliphatic heterocycles. The van der Waals surface area contributed by atoms with Gasteiger partial charge in [-0.15, -0.1) is 0 Å². The Balaban J connectivity index is 1.98. The maximum absolute atomic E-state index is 13.8. The van der Waals surface area contributed by atoms with Gasteiger partial charge >= 0.3 is 0 Å². The van der Waals surface area contributed by atoms with Gasteiger partial charge < -0.3 is 14.6 Å². The summed E-state index contributed by atoms with van der Waals surface area (Å²) in [7, 11) is 0. The van der Waals surface area contributed by atoms with Crippen molar-refractivity contribution >= 4 is 11.6 Å². The second-order valence-corrected chi connectivity index (χ2v) is 8.59. The fraction of sp³-hybridized carbons (Fsp3) is 0.542. The fourth-order valence-electron chi connectivity index (χ4n) is 3.28. The van der Waals surface area contributed by atoms with Crippen molar-refractivity contribution in [1.82, 2.24) is 4.90 Å². The zero-order chi connectivity index (χ0) is 22.9. The van der Waals surface area contributed by atoms with Crippen molar-refractivity contribution in [2.24, 2.45) is 15.9 Å². The molecule has 0 radical (unpaired) electrons. The van der Waals surface area contributed by atoms with E-state index in [4.69, 9.17) is 9.47 Å². The molecule has 0 spiro atoms. The number of likely N-dealkylation sites (tertiary alicyclic amines) is 1. The van der Waals surface area contributed by atoms with Gasteiger partial charge in [0.1, 0.15) is 17.1 Å². The number of nitrogens with zero attached hydrogens (tertiary/aromatic N) is 3. The van der Waals surface area contributed by atoms with Crippen LogP contribution in [0.1, 0.15) is 40.5 Å². The van der Waals surface area contributed by atoms with E-state index < -0.39 is 11.7 Å². The number of rotatable bonds is 8. The van der Waals surface area contributed by atoms with Gasteiger partial charge in [-0.05, 0) is 46.3 Å². The third-order valence-corrected chi connectivity index (χ3v) is 4.80. The van der Waals surface area contributed by atoms with E-state index in [1.54, 1.807) is 18.5 Å². The van der Waals surface area contributed by atoms with Gasteiger partial charge in [0.05, 0.1) is 37.3 Å². The first-order valence-electron chi connectivity index (χ1n) is 10.6. The van der Waals surface area contributed by atoms with Gasteiger partial charge in [-0.3, -0.25) is 4.90 Å². The van der Waals surface area contributed by atoms with E-state index in [1.165, 1.54) is 12.2 Å². The number of piperidine rings is 1. The van der Waals surface area contributed by atoms with Gasteiger partial charge in [0.2, 0.25) is 5.90 Å². The van der Waals surface area contributed by atoms with E-state index in [0.717, 1.165) is 12.3 Å². The first-order valence-corrected chi connectivity index (χ1v) is 10.6. The molecular weight excluding hydrogens is 397 g/mol. The lowest BCUT2D eigenvalue weighted by atomic mass is 9.95. The molecule has 31 heavy (non-hydrogen) atoms. The Morgan fingerprint density at radius 2 is 2.13 bits per heavy atom. The van der Waals surface area contributed by atoms with Gasteiger partial charge in [-0.1, -0.05) is 18.4 Å². The standard InChI is InChI=1S/C24H34FN3O3/c1-6-9-19(25)14-20(7-2)30-17-18-15-28(13-10-22(18)29)16-21-23(31-24(3,4)5)27-12-8-11-26-21/h6-7,9,11-12,18,22,29H,1,10,13-17H2,2-5H3/b19-9+,20-7+. The van der Waals surface area contributed by atoms with Gasteiger partial charge in [0, 0.05) is 25.6 Å². The number of aliphatic hydroxyl groups excluding tert-OH is 1. The topological polar surface area (TPSA) is 66.7 Å². The van der Waals surface area contributed by atoms with E-state index in [9.17, 15) is 9.50 Å². The average Bonchev–Trinajstić information content (AvgIpc) is 2.91. The zero-order valence-corrected chi connectivity index (χ0v) is 19.0. The minimum Gasteiger partial charge on any atom is -0.497 e. The fourth-order valence-corrected chi connectivity index (χ4v) is 3.28. The third-order valence-electron chi connectivity index (χ3n) is 4.80. The summed E-state index contributed by atoms with van der Waals surface area (Å²) < 4.78 is 25.6. The van der Waals surface area contributed by atoms with Crippen molar-refractivity contribution in [2.45, 2.75) is 52.2 Å². The summed E-state index contributed by atoms with van der Waals surface area (Å²) in [6.45, 7) is 13.4. The van der Waals surface area contributed by atoms with E-state index in [-0.39, 0.29) is 18.2 Å². The van der Waals surface area contributed by atoms with Crippen molar-refractivity contribution in [1.29, 1.82) is 0 Å². The predicted molar refractivity (Wildman–Crippen MR) is 123 cm³/mol. The monoisotopic (exact) mass is 431 g/mol. The van der Waals surface area contributed by atoms with Crippen molar-refractivity contribution in [3.05, 3.63) is 54.5 Å². The molecule has 6 nitrogen and oxygen atoms in total. The molecule has 1 saturated heterocycles. The van der Waals surface area contributed by atoms with Crippen LogP contribution in [0.2, 0.25) is 0 Å². The Morgan fingerprint density at radius 3 is 2.81 bits per heavy atom. The highest BCUT2D eigenvalue weighted by molar-refractivity contribution is 6.40. The van der Waals surface area contributed by atoms with Gasteiger partial charge in [-0.25, -0.2) is 14.4 Å². The number of hydrogen-bond donors (Lipinski definition) is 1. The van der Waals surface area contributed by atoms with E-state index in [1.807, 2.05) is 27.7 Å². The summed E-state index contributed by atoms with van der Waals surface area (Å²) in [6.07, 6.45) is 7.84. The second-order valence-electron chi connectivity index (χ2n) is 8.59. The summed E-state index contributed by atoms with van der Waals surface area (Å²) in [5.74, 6) is 0.609. The molecule has 1 N–H and O–H groups in total. The maximum Gasteiger partial charge on any atom is 0.238 e. The first kappa shape index (κ1) is 24.8. The lowest BCUT2D eigenvalue weighted by molar-refractivity contribution is -0.00393. The quantitative estimate of drug-likeness (QED) is 0.353. The molecule has 0 aromatic heterocycles. The molecule has 2 unspecified atom stereocenters. The van der Waals surface area contributed by atoms with Gasteiger partial charge in [-0.2, -0.15) is 0 Å². The summed E-state index contributed by atoms with van der Waals surface area (Å²) >= 11 is 0. The molecule has 0 aliphatic carbocycles. The highest BCUT2D eigenvalue weighted by Gasteiger charge is 2.30. The van der Waals surface area contributed by atoms with Crippen LogP contribution in [-0.2, 0) is 9.47 Å². The number of halogens is 1. The largest absolute Gasteiger partial charge is 0.497 e. The van der Waals surface area contributed by atoms with E-state index in [2.05, 4.69) is 27.2 Å². The summed E-state index contributed by atoms with van der Waals surface area (Å²) in [5.41, 5.74) is 3.20. The molecule has 2 rings (SSSR count). The molecular formula is C24H34FN3O3. The second kappa shape index (κ2) is 11.8. The smallest absolute Gasteiger partial charge is 0.238 e. The van der Waals surface area contributed by atoms with E-state index in [0.29, 0.717) is 37.8 Å². The molecule has 1 fully saturated rings. The Hall–Kier alpha value is -2.47. The van der Waals surface area contributed by atoms with Crippen LogP contribution < -0.4 is 0 Å². The molecule has 0 saturated carbocycles. The lowest BCUT2D eigenvalue weighted by Gasteiger charge is -2.36. The molecule has 0 bridgehead atoms. The summed E-state index contributed by atoms with van der Waals surface area (Å²) in [5, 5.41) is 10.5. The molecule has 2 atom stereocenters. The predicted octanol–water partition coefficient (Wildman–Crippen LogP) is 4.31. The molecule has 2 heterocycles. The molecule has 2 aliphatic rings. The number of aliphatic hydroxyl groups is 1. The lowest BCUT2D eigenvalue weighted by Crippen LogP contribution is -2.48. The Kier molecular flexibility index (Phi) is 9.44. The zero-order valence-electron chi connectivity index (χ0n) is 19.0. The molecule has 7 heteroatoms. The minimum atomic E-state index is -0.473. The Labute approximate surface area is 184 Å². The third kappa shape index (κ3) is 8.66. The average molecular weight is 432 g/mol. The molecule has 0 amide bonds. The Morgan fingerprint density at radius 1 is 1.39 bits per heavy atom. The highest BCUT2D eigenvalue weighted by atomic mass is 19.1. The SMILES string of the molecule is C=C/C=C(/F)C/C(=C\C)OCC1CN(CC2=NC=C=CN=C2OC(C)(C)C)CCC1O. The van der Waals surface area contributed by atoms with Crippen LogP contribution in [0.25, 0.3) is 0 Å². The van der Waals surface area contributed by atoms with Crippen molar-refractivity contribution in [2.75, 3.05) is 26.2 Å². The molecule has 0 aromatic rings. The minimum absolute atomic E-state index is 0.0785. The van der Waals surface area contributed by atoms with Crippen LogP contribution in [-0.4, -0.2) is 59.6 Å². The van der Waals surface area contributed by atoms with E-state index >= 15 is 0 Å². The highest BCUT2D eigenvalue weighted by Crippen LogP contribution is 2.21. The van der Waals surface area contributed by atoms with Crippen LogP contribution in [0.5, 0.6) is 0 Å². The van der Waals surface area contributed by atoms with Crippen molar-refractivity contribution in [3.8, 4) is 0 Å². The summed E-state index contributed by atoms with van der Waals surface area (Å²) in [4.78, 5) is 11.0. The van der Waals surface area contributed by atoms with Crippen LogP contribution in [0.3, 0.4) is 0 Å². The first-order chi connectivity index (χ1) is 14.7. The van der Waals surface area contributed by atoms with Gasteiger partial charge in [0.15, 0.2) is 0 Å². The van der Waals surface area contributed by atoms with Gasteiger partial charge in [0.25, 0.3) is 0 Å².